The molecule has 16 heavy (non-hydrogen) atoms. The van der Waals surface area contributed by atoms with Gasteiger partial charge in [-0.25, -0.2) is 4.98 Å². The molecule has 1 rings (SSSR count). The largest absolute Gasteiger partial charge is 0.368 e. The van der Waals surface area contributed by atoms with Crippen LogP contribution in [0.25, 0.3) is 0 Å². The second-order valence-corrected chi connectivity index (χ2v) is 3.69. The number of hydrogen-bond acceptors (Lipinski definition) is 3. The van der Waals surface area contributed by atoms with Crippen LogP contribution in [0, 0.1) is 0 Å². The highest BCUT2D eigenvalue weighted by molar-refractivity contribution is 5.79. The summed E-state index contributed by atoms with van der Waals surface area (Å²) in [4.78, 5) is 15.4. The minimum atomic E-state index is -0.292. The lowest BCUT2D eigenvalue weighted by Gasteiger charge is -2.15. The number of nitrogens with two attached hydrogens (primary N) is 1. The summed E-state index contributed by atoms with van der Waals surface area (Å²) in [5.41, 5.74) is 5.31. The van der Waals surface area contributed by atoms with Crippen LogP contribution in [0.3, 0.4) is 0 Å². The summed E-state index contributed by atoms with van der Waals surface area (Å²) in [6.45, 7) is 5.54. The Kier molecular flexibility index (Phi) is 4.98. The fourth-order valence-corrected chi connectivity index (χ4v) is 1.72. The Morgan fingerprint density at radius 1 is 1.62 bits per heavy atom. The predicted octanol–water partition coefficient (Wildman–Crippen LogP) is 0.299. The van der Waals surface area contributed by atoms with Gasteiger partial charge in [0, 0.05) is 25.4 Å². The van der Waals surface area contributed by atoms with E-state index in [0.717, 1.165) is 25.3 Å². The van der Waals surface area contributed by atoms with Gasteiger partial charge in [-0.15, -0.1) is 0 Å². The molecule has 0 aliphatic heterocycles. The highest BCUT2D eigenvalue weighted by Crippen LogP contribution is 2.02. The monoisotopic (exact) mass is 224 g/mol. The van der Waals surface area contributed by atoms with Gasteiger partial charge in [0.25, 0.3) is 0 Å². The molecule has 0 spiro atoms. The number of imidazole rings is 1. The Hall–Kier alpha value is -1.36. The van der Waals surface area contributed by atoms with Gasteiger partial charge in [-0.3, -0.25) is 4.79 Å². The van der Waals surface area contributed by atoms with Crippen molar-refractivity contribution in [3.05, 3.63) is 18.2 Å². The number of aryl methyl sites for hydroxylation is 2. The standard InChI is InChI=1S/C11H20N4O/c1-3-10-14-6-8-15(10)7-5-9(11(12)16)13-4-2/h6,8-9,13H,3-5,7H2,1-2H3,(H2,12,16). The van der Waals surface area contributed by atoms with Crippen LogP contribution in [0.5, 0.6) is 0 Å². The van der Waals surface area contributed by atoms with Crippen molar-refractivity contribution in [2.24, 2.45) is 5.73 Å². The molecule has 1 heterocycles. The highest BCUT2D eigenvalue weighted by atomic mass is 16.1. The molecule has 0 saturated carbocycles. The number of nitrogens with one attached hydrogen (secondary N) is 1. The van der Waals surface area contributed by atoms with Crippen molar-refractivity contribution in [1.82, 2.24) is 14.9 Å². The van der Waals surface area contributed by atoms with E-state index < -0.39 is 0 Å². The van der Waals surface area contributed by atoms with E-state index in [1.54, 1.807) is 6.20 Å². The maximum atomic E-state index is 11.1. The Morgan fingerprint density at radius 3 is 2.94 bits per heavy atom. The van der Waals surface area contributed by atoms with Crippen LogP contribution in [0.15, 0.2) is 12.4 Å². The van der Waals surface area contributed by atoms with E-state index in [0.29, 0.717) is 6.42 Å². The minimum absolute atomic E-state index is 0.253. The molecule has 3 N–H and O–H groups in total. The smallest absolute Gasteiger partial charge is 0.234 e. The summed E-state index contributed by atoms with van der Waals surface area (Å²) in [7, 11) is 0. The van der Waals surface area contributed by atoms with Gasteiger partial charge in [0.1, 0.15) is 5.82 Å². The fraction of sp³-hybridized carbons (Fsp3) is 0.636. The fourth-order valence-electron chi connectivity index (χ4n) is 1.72. The van der Waals surface area contributed by atoms with Gasteiger partial charge in [-0.05, 0) is 13.0 Å². The van der Waals surface area contributed by atoms with Crippen molar-refractivity contribution in [3.8, 4) is 0 Å². The highest BCUT2D eigenvalue weighted by Gasteiger charge is 2.13. The molecule has 0 radical (unpaired) electrons. The Bertz CT molecular complexity index is 334. The second-order valence-electron chi connectivity index (χ2n) is 3.69. The number of hydrogen-bond donors (Lipinski definition) is 2. The van der Waals surface area contributed by atoms with Crippen molar-refractivity contribution < 1.29 is 4.79 Å². The molecule has 90 valence electrons. The van der Waals surface area contributed by atoms with Gasteiger partial charge in [-0.2, -0.15) is 0 Å². The zero-order valence-corrected chi connectivity index (χ0v) is 9.94. The molecular weight excluding hydrogens is 204 g/mol. The first-order valence-electron chi connectivity index (χ1n) is 5.71. The molecule has 5 nitrogen and oxygen atoms in total. The van der Waals surface area contributed by atoms with E-state index in [2.05, 4.69) is 21.8 Å². The third-order valence-corrected chi connectivity index (χ3v) is 2.57. The zero-order valence-electron chi connectivity index (χ0n) is 9.94. The van der Waals surface area contributed by atoms with Gasteiger partial charge in [0.15, 0.2) is 0 Å². The molecule has 0 saturated heterocycles. The Balaban J connectivity index is 2.51. The summed E-state index contributed by atoms with van der Waals surface area (Å²) in [6.07, 6.45) is 5.32. The maximum Gasteiger partial charge on any atom is 0.234 e. The van der Waals surface area contributed by atoms with E-state index in [4.69, 9.17) is 5.73 Å². The van der Waals surface area contributed by atoms with Crippen molar-refractivity contribution >= 4 is 5.91 Å². The quantitative estimate of drug-likeness (QED) is 0.699. The molecule has 1 atom stereocenters. The lowest BCUT2D eigenvalue weighted by atomic mass is 10.2. The van der Waals surface area contributed by atoms with Crippen molar-refractivity contribution in [2.45, 2.75) is 39.3 Å². The maximum absolute atomic E-state index is 11.1. The third kappa shape index (κ3) is 3.34. The van der Waals surface area contributed by atoms with Crippen LogP contribution in [0.2, 0.25) is 0 Å². The molecule has 1 aromatic rings. The molecule has 1 aromatic heterocycles. The van der Waals surface area contributed by atoms with Crippen LogP contribution >= 0.6 is 0 Å². The second kappa shape index (κ2) is 6.27. The Morgan fingerprint density at radius 2 is 2.38 bits per heavy atom. The average molecular weight is 224 g/mol. The number of carbonyl (C=O) groups is 1. The topological polar surface area (TPSA) is 72.9 Å². The summed E-state index contributed by atoms with van der Waals surface area (Å²) >= 11 is 0. The van der Waals surface area contributed by atoms with E-state index >= 15 is 0 Å². The summed E-state index contributed by atoms with van der Waals surface area (Å²) in [5, 5.41) is 3.07. The Labute approximate surface area is 96.0 Å². The van der Waals surface area contributed by atoms with E-state index in [-0.39, 0.29) is 11.9 Å². The predicted molar refractivity (Wildman–Crippen MR) is 62.9 cm³/mol. The first-order chi connectivity index (χ1) is 7.69. The van der Waals surface area contributed by atoms with Crippen LogP contribution in [-0.4, -0.2) is 28.0 Å². The van der Waals surface area contributed by atoms with Gasteiger partial charge in [0.2, 0.25) is 5.91 Å². The summed E-state index contributed by atoms with van der Waals surface area (Å²) < 4.78 is 2.06. The zero-order chi connectivity index (χ0) is 12.0. The normalized spacial score (nSPS) is 12.6. The first-order valence-corrected chi connectivity index (χ1v) is 5.71. The number of rotatable bonds is 7. The lowest BCUT2D eigenvalue weighted by molar-refractivity contribution is -0.120. The minimum Gasteiger partial charge on any atom is -0.368 e. The average Bonchev–Trinajstić information content (AvgIpc) is 2.71. The molecule has 5 heteroatoms. The van der Waals surface area contributed by atoms with E-state index in [1.165, 1.54) is 0 Å². The molecule has 1 unspecified atom stereocenters. The molecule has 0 aromatic carbocycles. The number of likely N-dealkylation sites (N-methyl/N-ethyl adjacent to an activating group) is 1. The van der Waals surface area contributed by atoms with Gasteiger partial charge >= 0.3 is 0 Å². The first kappa shape index (κ1) is 12.7. The van der Waals surface area contributed by atoms with Crippen LogP contribution in [-0.2, 0) is 17.8 Å². The third-order valence-electron chi connectivity index (χ3n) is 2.57. The molecule has 0 aliphatic carbocycles. The molecule has 0 bridgehead atoms. The summed E-state index contributed by atoms with van der Waals surface area (Å²) in [6, 6.07) is -0.253. The molecule has 1 amide bonds. The van der Waals surface area contributed by atoms with Gasteiger partial charge in [-0.1, -0.05) is 13.8 Å². The molecule has 0 aliphatic rings. The summed E-state index contributed by atoms with van der Waals surface area (Å²) in [5.74, 6) is 0.750. The number of amides is 1. The van der Waals surface area contributed by atoms with Crippen LogP contribution < -0.4 is 11.1 Å². The molecule has 0 fully saturated rings. The van der Waals surface area contributed by atoms with Gasteiger partial charge in [0.05, 0.1) is 6.04 Å². The number of nitrogens with zero attached hydrogens (tertiary/aromatic N) is 2. The van der Waals surface area contributed by atoms with Crippen molar-refractivity contribution in [3.63, 3.8) is 0 Å². The SMILES string of the molecule is CCNC(CCn1ccnc1CC)C(N)=O. The van der Waals surface area contributed by atoms with E-state index in [9.17, 15) is 4.79 Å². The van der Waals surface area contributed by atoms with Crippen molar-refractivity contribution in [1.29, 1.82) is 0 Å². The van der Waals surface area contributed by atoms with E-state index in [1.807, 2.05) is 13.1 Å². The van der Waals surface area contributed by atoms with Gasteiger partial charge < -0.3 is 15.6 Å². The lowest BCUT2D eigenvalue weighted by Crippen LogP contribution is -2.41. The van der Waals surface area contributed by atoms with Crippen LogP contribution in [0.4, 0.5) is 0 Å². The number of carbonyl (C=O) groups excluding carboxylic acids is 1. The van der Waals surface area contributed by atoms with Crippen molar-refractivity contribution in [2.75, 3.05) is 6.54 Å². The number of primary amides is 1. The number of aromatic nitrogens is 2. The van der Waals surface area contributed by atoms with Crippen LogP contribution in [0.1, 0.15) is 26.1 Å². The molecular formula is C11H20N4O.